The monoisotopic (exact) mass is 330 g/mol. The third-order valence-corrected chi connectivity index (χ3v) is 3.52. The number of para-hydroxylation sites is 2. The Morgan fingerprint density at radius 2 is 1.91 bits per heavy atom. The fourth-order valence-corrected chi connectivity index (χ4v) is 2.30. The molecule has 0 unspecified atom stereocenters. The van der Waals surface area contributed by atoms with E-state index >= 15 is 0 Å². The van der Waals surface area contributed by atoms with Gasteiger partial charge in [0.15, 0.2) is 10.9 Å². The summed E-state index contributed by atoms with van der Waals surface area (Å²) in [6, 6.07) is 6.83. The number of thiol groups is 1. The number of rotatable bonds is 4. The average Bonchev–Trinajstić information content (AvgIpc) is 2.46. The SMILES string of the molecule is CN1CCC(CNc2ccccc2[N+](=O)[O-])CC1.N[SH](=O)=O. The quantitative estimate of drug-likeness (QED) is 0.427. The van der Waals surface area contributed by atoms with Crippen LogP contribution < -0.4 is 10.5 Å². The summed E-state index contributed by atoms with van der Waals surface area (Å²) in [4.78, 5) is 12.9. The van der Waals surface area contributed by atoms with Crippen molar-refractivity contribution < 1.29 is 13.3 Å². The van der Waals surface area contributed by atoms with Crippen LogP contribution in [-0.2, 0) is 10.9 Å². The molecule has 1 aliphatic heterocycles. The summed E-state index contributed by atoms with van der Waals surface area (Å²) in [5.74, 6) is 0.612. The molecule has 1 heterocycles. The van der Waals surface area contributed by atoms with Gasteiger partial charge in [-0.05, 0) is 45.0 Å². The number of nitrogens with two attached hydrogens (primary N) is 1. The lowest BCUT2D eigenvalue weighted by molar-refractivity contribution is -0.384. The van der Waals surface area contributed by atoms with Crippen molar-refractivity contribution in [2.45, 2.75) is 12.8 Å². The van der Waals surface area contributed by atoms with E-state index in [1.807, 2.05) is 6.07 Å². The van der Waals surface area contributed by atoms with Gasteiger partial charge in [-0.15, -0.1) is 0 Å². The summed E-state index contributed by atoms with van der Waals surface area (Å²) >= 11 is 0. The minimum absolute atomic E-state index is 0.158. The molecule has 1 aliphatic rings. The predicted molar refractivity (Wildman–Crippen MR) is 86.3 cm³/mol. The fourth-order valence-electron chi connectivity index (χ4n) is 2.30. The Bertz CT molecular complexity index is 549. The van der Waals surface area contributed by atoms with Crippen LogP contribution in [0.1, 0.15) is 12.8 Å². The van der Waals surface area contributed by atoms with Gasteiger partial charge in [0.1, 0.15) is 5.69 Å². The van der Waals surface area contributed by atoms with Crippen molar-refractivity contribution >= 4 is 22.3 Å². The van der Waals surface area contributed by atoms with Gasteiger partial charge in [0.05, 0.1) is 4.92 Å². The Hall–Kier alpha value is -1.71. The van der Waals surface area contributed by atoms with Gasteiger partial charge in [0, 0.05) is 12.6 Å². The second-order valence-electron chi connectivity index (χ2n) is 5.19. The molecule has 0 bridgehead atoms. The van der Waals surface area contributed by atoms with E-state index in [0.717, 1.165) is 32.5 Å². The number of nitro groups is 1. The minimum Gasteiger partial charge on any atom is -0.379 e. The number of likely N-dealkylation sites (tertiary alicyclic amines) is 1. The van der Waals surface area contributed by atoms with Gasteiger partial charge < -0.3 is 10.2 Å². The lowest BCUT2D eigenvalue weighted by Gasteiger charge is -2.29. The molecule has 8 nitrogen and oxygen atoms in total. The number of anilines is 1. The number of hydrogen-bond acceptors (Lipinski definition) is 6. The number of nitrogens with zero attached hydrogens (tertiary/aromatic N) is 2. The Labute approximate surface area is 131 Å². The molecule has 0 saturated carbocycles. The third-order valence-electron chi connectivity index (χ3n) is 3.52. The van der Waals surface area contributed by atoms with Crippen molar-refractivity contribution in [3.63, 3.8) is 0 Å². The molecule has 124 valence electrons. The van der Waals surface area contributed by atoms with Crippen LogP contribution in [0.25, 0.3) is 0 Å². The molecule has 2 rings (SSSR count). The number of nitro benzene ring substituents is 1. The molecule has 1 fully saturated rings. The molecule has 1 aromatic carbocycles. The number of benzene rings is 1. The van der Waals surface area contributed by atoms with E-state index in [1.165, 1.54) is 6.07 Å². The maximum absolute atomic E-state index is 10.9. The second-order valence-corrected chi connectivity index (χ2v) is 5.76. The molecule has 3 N–H and O–H groups in total. The first-order valence-corrected chi connectivity index (χ1v) is 8.19. The molecule has 1 saturated heterocycles. The highest BCUT2D eigenvalue weighted by molar-refractivity contribution is 7.69. The molecule has 0 radical (unpaired) electrons. The predicted octanol–water partition coefficient (Wildman–Crippen LogP) is 0.820. The van der Waals surface area contributed by atoms with Crippen LogP contribution >= 0.6 is 0 Å². The normalized spacial score (nSPS) is 16.0. The van der Waals surface area contributed by atoms with E-state index in [-0.39, 0.29) is 10.6 Å². The largest absolute Gasteiger partial charge is 0.379 e. The summed E-state index contributed by atoms with van der Waals surface area (Å²) in [5, 5.41) is 18.2. The Morgan fingerprint density at radius 3 is 2.45 bits per heavy atom. The third kappa shape index (κ3) is 6.83. The fraction of sp³-hybridized carbons (Fsp3) is 0.538. The molecular weight excluding hydrogens is 308 g/mol. The van der Waals surface area contributed by atoms with Crippen LogP contribution in [-0.4, -0.2) is 44.9 Å². The van der Waals surface area contributed by atoms with E-state index < -0.39 is 10.9 Å². The molecule has 0 aromatic heterocycles. The van der Waals surface area contributed by atoms with Gasteiger partial charge >= 0.3 is 0 Å². The van der Waals surface area contributed by atoms with Gasteiger partial charge in [-0.25, -0.2) is 13.6 Å². The molecule has 9 heteroatoms. The van der Waals surface area contributed by atoms with Gasteiger partial charge in [-0.3, -0.25) is 10.1 Å². The second kappa shape index (κ2) is 9.34. The van der Waals surface area contributed by atoms with E-state index in [0.29, 0.717) is 11.6 Å². The summed E-state index contributed by atoms with van der Waals surface area (Å²) < 4.78 is 17.6. The van der Waals surface area contributed by atoms with Gasteiger partial charge in [0.2, 0.25) is 0 Å². The molecule has 0 aliphatic carbocycles. The van der Waals surface area contributed by atoms with Crippen molar-refractivity contribution in [1.29, 1.82) is 0 Å². The summed E-state index contributed by atoms with van der Waals surface area (Å²) in [7, 11) is -0.490. The summed E-state index contributed by atoms with van der Waals surface area (Å²) in [5.41, 5.74) is 0.784. The van der Waals surface area contributed by atoms with Gasteiger partial charge in [0.25, 0.3) is 5.69 Å². The molecular formula is C13H22N4O4S. The van der Waals surface area contributed by atoms with Gasteiger partial charge in [-0.1, -0.05) is 12.1 Å². The maximum atomic E-state index is 10.9. The number of piperidine rings is 1. The molecule has 22 heavy (non-hydrogen) atoms. The molecule has 0 spiro atoms. The Morgan fingerprint density at radius 1 is 1.36 bits per heavy atom. The van der Waals surface area contributed by atoms with Crippen LogP contribution in [0.4, 0.5) is 11.4 Å². The van der Waals surface area contributed by atoms with Gasteiger partial charge in [-0.2, -0.15) is 0 Å². The van der Waals surface area contributed by atoms with Crippen molar-refractivity contribution in [2.75, 3.05) is 32.0 Å². The standard InChI is InChI=1S/C13H19N3O2.H3NO2S/c1-15-8-6-11(7-9-15)10-14-12-4-2-3-5-13(12)16(17)18;1-4(2)3/h2-5,11,14H,6-10H2,1H3;4H,(H2,1,2,3). The number of hydrogen-bond donors (Lipinski definition) is 3. The van der Waals surface area contributed by atoms with Crippen molar-refractivity contribution in [3.05, 3.63) is 34.4 Å². The van der Waals surface area contributed by atoms with E-state index in [2.05, 4.69) is 22.4 Å². The van der Waals surface area contributed by atoms with Crippen LogP contribution in [0, 0.1) is 16.0 Å². The Balaban J connectivity index is 0.000000541. The maximum Gasteiger partial charge on any atom is 0.292 e. The first-order chi connectivity index (χ1) is 10.4. The zero-order valence-corrected chi connectivity index (χ0v) is 13.4. The highest BCUT2D eigenvalue weighted by Crippen LogP contribution is 2.24. The molecule has 0 amide bonds. The van der Waals surface area contributed by atoms with E-state index in [9.17, 15) is 10.1 Å². The zero-order valence-electron chi connectivity index (χ0n) is 12.5. The number of nitrogens with one attached hydrogen (secondary N) is 1. The lowest BCUT2D eigenvalue weighted by Crippen LogP contribution is -2.33. The smallest absolute Gasteiger partial charge is 0.292 e. The van der Waals surface area contributed by atoms with Crippen molar-refractivity contribution in [2.24, 2.45) is 11.1 Å². The topological polar surface area (TPSA) is 119 Å². The lowest BCUT2D eigenvalue weighted by atomic mass is 9.97. The first kappa shape index (κ1) is 18.3. The van der Waals surface area contributed by atoms with Crippen LogP contribution in [0.15, 0.2) is 24.3 Å². The minimum atomic E-state index is -2.62. The van der Waals surface area contributed by atoms with E-state index in [4.69, 9.17) is 8.42 Å². The molecule has 1 aromatic rings. The summed E-state index contributed by atoms with van der Waals surface area (Å²) in [6.45, 7) is 3.05. The van der Waals surface area contributed by atoms with Crippen molar-refractivity contribution in [1.82, 2.24) is 4.90 Å². The highest BCUT2D eigenvalue weighted by Gasteiger charge is 2.18. The van der Waals surface area contributed by atoms with Crippen LogP contribution in [0.5, 0.6) is 0 Å². The van der Waals surface area contributed by atoms with Crippen LogP contribution in [0.2, 0.25) is 0 Å². The van der Waals surface area contributed by atoms with E-state index in [1.54, 1.807) is 12.1 Å². The van der Waals surface area contributed by atoms with Crippen molar-refractivity contribution in [3.8, 4) is 0 Å². The summed E-state index contributed by atoms with van der Waals surface area (Å²) in [6.07, 6.45) is 2.31. The zero-order chi connectivity index (χ0) is 16.5. The van der Waals surface area contributed by atoms with Crippen LogP contribution in [0.3, 0.4) is 0 Å². The molecule has 0 atom stereocenters. The average molecular weight is 330 g/mol. The highest BCUT2D eigenvalue weighted by atomic mass is 32.2. The Kier molecular flexibility index (Phi) is 7.78. The first-order valence-electron chi connectivity index (χ1n) is 6.95.